The van der Waals surface area contributed by atoms with Crippen molar-refractivity contribution in [1.29, 1.82) is 0 Å². The number of phenolic OH excluding ortho intramolecular Hbond substituents is 2. The summed E-state index contributed by atoms with van der Waals surface area (Å²) in [7, 11) is 1.41. The highest BCUT2D eigenvalue weighted by Gasteiger charge is 2.52. The first-order valence-corrected chi connectivity index (χ1v) is 12.7. The van der Waals surface area contributed by atoms with Crippen molar-refractivity contribution in [2.75, 3.05) is 13.7 Å². The smallest absolute Gasteiger partial charge is 0.196 e. The molecule has 0 amide bonds. The number of Topliss-reactive ketones (excluding diaryl/α,β-unsaturated/α-hetero) is 3. The van der Waals surface area contributed by atoms with Gasteiger partial charge in [-0.1, -0.05) is 12.2 Å². The van der Waals surface area contributed by atoms with Crippen LogP contribution in [0.4, 0.5) is 0 Å². The maximum absolute atomic E-state index is 14.0. The van der Waals surface area contributed by atoms with Crippen LogP contribution in [0.25, 0.3) is 6.08 Å². The lowest BCUT2D eigenvalue weighted by atomic mass is 9.68. The Bertz CT molecular complexity index is 1310. The van der Waals surface area contributed by atoms with E-state index >= 15 is 0 Å². The van der Waals surface area contributed by atoms with E-state index in [-0.39, 0.29) is 28.7 Å². The molecule has 210 valence electrons. The summed E-state index contributed by atoms with van der Waals surface area (Å²) in [5.74, 6) is -3.73. The molecule has 0 spiro atoms. The van der Waals surface area contributed by atoms with Gasteiger partial charge in [0.05, 0.1) is 35.5 Å². The first kappa shape index (κ1) is 27.6. The number of aromatic hydroxyl groups is 2. The van der Waals surface area contributed by atoms with E-state index in [0.29, 0.717) is 6.42 Å². The predicted molar refractivity (Wildman–Crippen MR) is 133 cm³/mol. The van der Waals surface area contributed by atoms with Crippen LogP contribution in [0.15, 0.2) is 17.2 Å². The fourth-order valence-corrected chi connectivity index (χ4v) is 6.01. The van der Waals surface area contributed by atoms with Crippen LogP contribution in [0.2, 0.25) is 0 Å². The van der Waals surface area contributed by atoms with Crippen molar-refractivity contribution in [1.82, 2.24) is 0 Å². The van der Waals surface area contributed by atoms with Gasteiger partial charge in [-0.25, -0.2) is 0 Å². The molecule has 12 nitrogen and oxygen atoms in total. The van der Waals surface area contributed by atoms with Crippen molar-refractivity contribution in [2.24, 2.45) is 5.73 Å². The standard InChI is InChI=1S/C27H31NO11/c1-10-22(31)13(28)6-17(38-10)39-15-8-27(36,16(30)9-29)7-12-19(15)26(35)21-20(24(12)33)23(32)11-4-3-5-14(37-2)18(11)25(21)34/h3-4,10,13-15,17,22,29,31-32,34,36H,5-9,28H2,1-2H3/t10-,13-,14?,15-,17-,22+,27-/m0/s1. The highest BCUT2D eigenvalue weighted by atomic mass is 16.7. The molecule has 0 saturated carbocycles. The number of carbonyl (C=O) groups is 3. The second kappa shape index (κ2) is 9.89. The van der Waals surface area contributed by atoms with E-state index in [1.807, 2.05) is 0 Å². The Morgan fingerprint density at radius 3 is 2.51 bits per heavy atom. The van der Waals surface area contributed by atoms with Crippen LogP contribution in [0.5, 0.6) is 11.5 Å². The average Bonchev–Trinajstić information content (AvgIpc) is 2.90. The maximum Gasteiger partial charge on any atom is 0.196 e. The number of nitrogens with two attached hydrogens (primary N) is 1. The molecule has 1 aromatic carbocycles. The van der Waals surface area contributed by atoms with Gasteiger partial charge in [0.1, 0.15) is 23.7 Å². The van der Waals surface area contributed by atoms with E-state index in [4.69, 9.17) is 19.9 Å². The third-order valence-electron chi connectivity index (χ3n) is 8.11. The molecule has 1 unspecified atom stereocenters. The first-order chi connectivity index (χ1) is 18.4. The SMILES string of the molecule is COC1CC=Cc2c(O)c3c(c(O)c21)C(=O)C1=C(C[C@@](O)(C(=O)CO)C[C@@H]1O[C@H]1C[C@H](N)[C@H](O)[C@H](C)O1)C3=O. The number of fused-ring (bicyclic) bond motifs is 2. The van der Waals surface area contributed by atoms with Crippen LogP contribution in [0.3, 0.4) is 0 Å². The summed E-state index contributed by atoms with van der Waals surface area (Å²) in [5.41, 5.74) is 2.66. The van der Waals surface area contributed by atoms with Crippen molar-refractivity contribution in [3.05, 3.63) is 39.5 Å². The van der Waals surface area contributed by atoms with E-state index in [9.17, 15) is 39.9 Å². The first-order valence-electron chi connectivity index (χ1n) is 12.7. The number of rotatable bonds is 5. The van der Waals surface area contributed by atoms with Crippen LogP contribution >= 0.6 is 0 Å². The highest BCUT2D eigenvalue weighted by Crippen LogP contribution is 2.51. The molecule has 1 aliphatic heterocycles. The number of carbonyl (C=O) groups excluding carboxylic acids is 3. The van der Waals surface area contributed by atoms with E-state index in [1.54, 1.807) is 13.0 Å². The van der Waals surface area contributed by atoms with Crippen molar-refractivity contribution >= 4 is 23.4 Å². The molecule has 1 heterocycles. The molecule has 1 saturated heterocycles. The molecule has 4 aliphatic rings. The van der Waals surface area contributed by atoms with Gasteiger partial charge in [-0.3, -0.25) is 14.4 Å². The summed E-state index contributed by atoms with van der Waals surface area (Å²) in [6.45, 7) is 0.550. The second-order valence-electron chi connectivity index (χ2n) is 10.5. The van der Waals surface area contributed by atoms with Gasteiger partial charge in [0.2, 0.25) is 0 Å². The number of ketones is 3. The third kappa shape index (κ3) is 4.23. The Morgan fingerprint density at radius 1 is 1.18 bits per heavy atom. The van der Waals surface area contributed by atoms with Crippen molar-refractivity contribution in [3.8, 4) is 11.5 Å². The lowest BCUT2D eigenvalue weighted by molar-refractivity contribution is -0.239. The quantitative estimate of drug-likeness (QED) is 0.274. The lowest BCUT2D eigenvalue weighted by Gasteiger charge is -2.42. The maximum atomic E-state index is 14.0. The number of phenols is 2. The molecule has 0 radical (unpaired) electrons. The number of ether oxygens (including phenoxy) is 3. The van der Waals surface area contributed by atoms with Crippen LogP contribution in [0.1, 0.15) is 70.6 Å². The Labute approximate surface area is 223 Å². The van der Waals surface area contributed by atoms with Gasteiger partial charge in [0, 0.05) is 54.7 Å². The van der Waals surface area contributed by atoms with E-state index < -0.39 is 102 Å². The van der Waals surface area contributed by atoms with Crippen LogP contribution in [-0.2, 0) is 19.0 Å². The third-order valence-corrected chi connectivity index (χ3v) is 8.11. The molecule has 12 heteroatoms. The number of benzene rings is 1. The second-order valence-corrected chi connectivity index (χ2v) is 10.5. The Balaban J connectivity index is 1.65. The van der Waals surface area contributed by atoms with Crippen molar-refractivity contribution in [2.45, 2.75) is 75.0 Å². The summed E-state index contributed by atoms with van der Waals surface area (Å²) < 4.78 is 17.1. The summed E-state index contributed by atoms with van der Waals surface area (Å²) in [6.07, 6.45) is -2.37. The zero-order chi connectivity index (χ0) is 28.4. The molecule has 0 bridgehead atoms. The van der Waals surface area contributed by atoms with E-state index in [0.717, 1.165) is 0 Å². The molecule has 7 N–H and O–H groups in total. The largest absolute Gasteiger partial charge is 0.507 e. The van der Waals surface area contributed by atoms with Gasteiger partial charge in [0.25, 0.3) is 0 Å². The molecule has 0 aromatic heterocycles. The molecule has 7 atom stereocenters. The molecule has 5 rings (SSSR count). The molecule has 39 heavy (non-hydrogen) atoms. The average molecular weight is 546 g/mol. The van der Waals surface area contributed by atoms with Crippen molar-refractivity contribution in [3.63, 3.8) is 0 Å². The topological polar surface area (TPSA) is 206 Å². The molecule has 1 aromatic rings. The number of hydrogen-bond donors (Lipinski definition) is 6. The van der Waals surface area contributed by atoms with Crippen LogP contribution in [-0.4, -0.2) is 92.8 Å². The monoisotopic (exact) mass is 545 g/mol. The highest BCUT2D eigenvalue weighted by molar-refractivity contribution is 6.30. The van der Waals surface area contributed by atoms with E-state index in [1.165, 1.54) is 13.2 Å². The van der Waals surface area contributed by atoms with Gasteiger partial charge in [0.15, 0.2) is 23.6 Å². The minimum absolute atomic E-state index is 0.0110. The fourth-order valence-electron chi connectivity index (χ4n) is 6.01. The Morgan fingerprint density at radius 2 is 1.87 bits per heavy atom. The fraction of sp³-hybridized carbons (Fsp3) is 0.519. The number of methoxy groups -OCH3 is 1. The van der Waals surface area contributed by atoms with Gasteiger partial charge in [-0.2, -0.15) is 0 Å². The van der Waals surface area contributed by atoms with Gasteiger partial charge >= 0.3 is 0 Å². The lowest BCUT2D eigenvalue weighted by Crippen LogP contribution is -2.55. The summed E-state index contributed by atoms with van der Waals surface area (Å²) in [4.78, 5) is 40.4. The predicted octanol–water partition coefficient (Wildman–Crippen LogP) is 0.172. The zero-order valence-corrected chi connectivity index (χ0v) is 21.4. The van der Waals surface area contributed by atoms with Gasteiger partial charge in [-0.15, -0.1) is 0 Å². The normalized spacial score (nSPS) is 34.0. The minimum atomic E-state index is -2.26. The van der Waals surface area contributed by atoms with Gasteiger partial charge < -0.3 is 45.5 Å². The Hall–Kier alpha value is -2.97. The number of aliphatic hydroxyl groups excluding tert-OH is 2. The summed E-state index contributed by atoms with van der Waals surface area (Å²) >= 11 is 0. The zero-order valence-electron chi connectivity index (χ0n) is 21.4. The molecule has 1 fully saturated rings. The molecular formula is C27H31NO11. The number of hydrogen-bond acceptors (Lipinski definition) is 12. The molecule has 3 aliphatic carbocycles. The van der Waals surface area contributed by atoms with Gasteiger partial charge in [-0.05, 0) is 13.3 Å². The summed E-state index contributed by atoms with van der Waals surface area (Å²) in [5, 5.41) is 53.2. The molecular weight excluding hydrogens is 514 g/mol. The van der Waals surface area contributed by atoms with Crippen molar-refractivity contribution < 1.29 is 54.1 Å². The van der Waals surface area contributed by atoms with Crippen LogP contribution < -0.4 is 5.73 Å². The van der Waals surface area contributed by atoms with E-state index in [2.05, 4.69) is 0 Å². The summed E-state index contributed by atoms with van der Waals surface area (Å²) in [6, 6.07) is -0.732. The minimum Gasteiger partial charge on any atom is -0.507 e. The Kier molecular flexibility index (Phi) is 7.00. The number of aliphatic hydroxyl groups is 3. The van der Waals surface area contributed by atoms with Crippen LogP contribution in [0, 0.1) is 0 Å².